The second-order valence-electron chi connectivity index (χ2n) is 5.54. The first-order valence-corrected chi connectivity index (χ1v) is 7.61. The number of amides is 2. The van der Waals surface area contributed by atoms with Gasteiger partial charge in [0.1, 0.15) is 25.0 Å². The molecule has 1 aromatic carbocycles. The van der Waals surface area contributed by atoms with Crippen LogP contribution in [0.1, 0.15) is 25.3 Å². The van der Waals surface area contributed by atoms with E-state index in [9.17, 15) is 14.4 Å². The predicted molar refractivity (Wildman–Crippen MR) is 83.5 cm³/mol. The van der Waals surface area contributed by atoms with Crippen LogP contribution in [0.3, 0.4) is 0 Å². The smallest absolute Gasteiger partial charge is 0.408 e. The molecule has 0 aliphatic carbocycles. The van der Waals surface area contributed by atoms with Crippen LogP contribution in [0.4, 0.5) is 4.79 Å². The molecule has 0 unspecified atom stereocenters. The van der Waals surface area contributed by atoms with Crippen molar-refractivity contribution in [3.05, 3.63) is 29.8 Å². The SMILES string of the molecule is C[C@H](NC(=O)OCc1cccc(OC[C@@H]2CCC(=O)N2)c1)C(=O)O. The maximum Gasteiger partial charge on any atom is 0.408 e. The lowest BCUT2D eigenvalue weighted by molar-refractivity contribution is -0.138. The molecular formula is C16H20N2O6. The van der Waals surface area contributed by atoms with Crippen LogP contribution in [0, 0.1) is 0 Å². The van der Waals surface area contributed by atoms with E-state index in [4.69, 9.17) is 14.6 Å². The zero-order valence-corrected chi connectivity index (χ0v) is 13.3. The van der Waals surface area contributed by atoms with E-state index in [1.54, 1.807) is 24.3 Å². The summed E-state index contributed by atoms with van der Waals surface area (Å²) in [6, 6.07) is 6.02. The Morgan fingerprint density at radius 2 is 2.25 bits per heavy atom. The standard InChI is InChI=1S/C16H20N2O6/c1-10(15(20)21)17-16(22)24-8-11-3-2-4-13(7-11)23-9-12-5-6-14(19)18-12/h2-4,7,10,12H,5-6,8-9H2,1H3,(H,17,22)(H,18,19)(H,20,21)/t10-,12-/m0/s1. The lowest BCUT2D eigenvalue weighted by Gasteiger charge is -2.13. The van der Waals surface area contributed by atoms with Gasteiger partial charge in [0.15, 0.2) is 0 Å². The molecule has 8 nitrogen and oxygen atoms in total. The van der Waals surface area contributed by atoms with Gasteiger partial charge in [-0.1, -0.05) is 12.1 Å². The minimum atomic E-state index is -1.14. The van der Waals surface area contributed by atoms with Gasteiger partial charge in [0.2, 0.25) is 5.91 Å². The number of hydrogen-bond donors (Lipinski definition) is 3. The van der Waals surface area contributed by atoms with Gasteiger partial charge in [-0.05, 0) is 31.0 Å². The minimum absolute atomic E-state index is 0.00443. The highest BCUT2D eigenvalue weighted by Crippen LogP contribution is 2.16. The van der Waals surface area contributed by atoms with Crippen LogP contribution in [0.25, 0.3) is 0 Å². The summed E-state index contributed by atoms with van der Waals surface area (Å²) in [5.41, 5.74) is 0.709. The molecule has 130 valence electrons. The van der Waals surface area contributed by atoms with Crippen LogP contribution in [0.15, 0.2) is 24.3 Å². The molecule has 3 N–H and O–H groups in total. The summed E-state index contributed by atoms with van der Waals surface area (Å²) in [4.78, 5) is 33.2. The maximum atomic E-state index is 11.5. The van der Waals surface area contributed by atoms with Gasteiger partial charge in [-0.2, -0.15) is 0 Å². The van der Waals surface area contributed by atoms with E-state index in [-0.39, 0.29) is 18.6 Å². The summed E-state index contributed by atoms with van der Waals surface area (Å²) in [7, 11) is 0. The highest BCUT2D eigenvalue weighted by Gasteiger charge is 2.21. The van der Waals surface area contributed by atoms with Crippen molar-refractivity contribution in [1.82, 2.24) is 10.6 Å². The van der Waals surface area contributed by atoms with E-state index < -0.39 is 18.1 Å². The van der Waals surface area contributed by atoms with Crippen molar-refractivity contribution in [2.75, 3.05) is 6.61 Å². The molecule has 2 rings (SSSR count). The van der Waals surface area contributed by atoms with Crippen molar-refractivity contribution in [2.45, 2.75) is 38.5 Å². The molecule has 0 radical (unpaired) electrons. The molecule has 0 saturated carbocycles. The van der Waals surface area contributed by atoms with E-state index >= 15 is 0 Å². The highest BCUT2D eigenvalue weighted by molar-refractivity contribution is 5.79. The number of carbonyl (C=O) groups excluding carboxylic acids is 2. The molecule has 2 atom stereocenters. The van der Waals surface area contributed by atoms with Crippen LogP contribution in [-0.2, 0) is 20.9 Å². The molecule has 0 spiro atoms. The Balaban J connectivity index is 1.78. The first-order chi connectivity index (χ1) is 11.4. The third kappa shape index (κ3) is 5.45. The minimum Gasteiger partial charge on any atom is -0.491 e. The average Bonchev–Trinajstić information content (AvgIpc) is 2.97. The Labute approximate surface area is 139 Å². The number of carboxylic acid groups (broad SMARTS) is 1. The van der Waals surface area contributed by atoms with Crippen molar-refractivity contribution in [2.24, 2.45) is 0 Å². The van der Waals surface area contributed by atoms with E-state index in [0.717, 1.165) is 6.42 Å². The molecule has 1 saturated heterocycles. The van der Waals surface area contributed by atoms with E-state index in [1.807, 2.05) is 0 Å². The van der Waals surface area contributed by atoms with Gasteiger partial charge in [-0.3, -0.25) is 9.59 Å². The topological polar surface area (TPSA) is 114 Å². The second kappa shape index (κ2) is 8.19. The van der Waals surface area contributed by atoms with Crippen LogP contribution in [0.2, 0.25) is 0 Å². The van der Waals surface area contributed by atoms with Crippen LogP contribution in [-0.4, -0.2) is 41.8 Å². The first-order valence-electron chi connectivity index (χ1n) is 7.61. The quantitative estimate of drug-likeness (QED) is 0.685. The van der Waals surface area contributed by atoms with Crippen molar-refractivity contribution in [3.63, 3.8) is 0 Å². The van der Waals surface area contributed by atoms with Gasteiger partial charge in [-0.25, -0.2) is 4.79 Å². The maximum absolute atomic E-state index is 11.5. The molecule has 1 aliphatic heterocycles. The highest BCUT2D eigenvalue weighted by atomic mass is 16.5. The van der Waals surface area contributed by atoms with Crippen LogP contribution >= 0.6 is 0 Å². The molecule has 1 aromatic rings. The first kappa shape index (κ1) is 17.6. The van der Waals surface area contributed by atoms with Crippen molar-refractivity contribution >= 4 is 18.0 Å². The number of carbonyl (C=O) groups is 3. The fraction of sp³-hybridized carbons (Fsp3) is 0.438. The Morgan fingerprint density at radius 3 is 2.92 bits per heavy atom. The van der Waals surface area contributed by atoms with Gasteiger partial charge in [0.25, 0.3) is 0 Å². The molecule has 0 aromatic heterocycles. The molecule has 8 heteroatoms. The third-order valence-electron chi connectivity index (χ3n) is 3.51. The zero-order valence-electron chi connectivity index (χ0n) is 13.3. The summed E-state index contributed by atoms with van der Waals surface area (Å²) < 4.78 is 10.6. The lowest BCUT2D eigenvalue weighted by Crippen LogP contribution is -2.38. The Morgan fingerprint density at radius 1 is 1.46 bits per heavy atom. The summed E-state index contributed by atoms with van der Waals surface area (Å²) >= 11 is 0. The van der Waals surface area contributed by atoms with Crippen molar-refractivity contribution in [1.29, 1.82) is 0 Å². The van der Waals surface area contributed by atoms with E-state index in [1.165, 1.54) is 6.92 Å². The molecule has 1 aliphatic rings. The van der Waals surface area contributed by atoms with Gasteiger partial charge < -0.3 is 25.2 Å². The van der Waals surface area contributed by atoms with Gasteiger partial charge in [0, 0.05) is 6.42 Å². The number of nitrogens with one attached hydrogen (secondary N) is 2. The number of benzene rings is 1. The fourth-order valence-corrected chi connectivity index (χ4v) is 2.15. The lowest BCUT2D eigenvalue weighted by atomic mass is 10.2. The Hall–Kier alpha value is -2.77. The third-order valence-corrected chi connectivity index (χ3v) is 3.51. The number of ether oxygens (including phenoxy) is 2. The normalized spacial score (nSPS) is 17.7. The fourth-order valence-electron chi connectivity index (χ4n) is 2.15. The average molecular weight is 336 g/mol. The van der Waals surface area contributed by atoms with Crippen LogP contribution < -0.4 is 15.4 Å². The number of alkyl carbamates (subject to hydrolysis) is 1. The number of carboxylic acids is 1. The zero-order chi connectivity index (χ0) is 17.5. The Kier molecular flexibility index (Phi) is 6.00. The van der Waals surface area contributed by atoms with E-state index in [2.05, 4.69) is 10.6 Å². The number of aliphatic carboxylic acids is 1. The van der Waals surface area contributed by atoms with Crippen molar-refractivity contribution in [3.8, 4) is 5.75 Å². The molecule has 2 amide bonds. The van der Waals surface area contributed by atoms with Crippen LogP contribution in [0.5, 0.6) is 5.75 Å². The molecule has 24 heavy (non-hydrogen) atoms. The van der Waals surface area contributed by atoms with E-state index in [0.29, 0.717) is 24.3 Å². The summed E-state index contributed by atoms with van der Waals surface area (Å²) in [6.45, 7) is 1.72. The summed E-state index contributed by atoms with van der Waals surface area (Å²) in [6.07, 6.45) is 0.472. The van der Waals surface area contributed by atoms with Gasteiger partial charge in [0.05, 0.1) is 6.04 Å². The molecule has 0 bridgehead atoms. The Bertz CT molecular complexity index is 618. The predicted octanol–water partition coefficient (Wildman–Crippen LogP) is 1.04. The summed E-state index contributed by atoms with van der Waals surface area (Å²) in [5, 5.41) is 13.7. The van der Waals surface area contributed by atoms with Gasteiger partial charge in [-0.15, -0.1) is 0 Å². The largest absolute Gasteiger partial charge is 0.491 e. The van der Waals surface area contributed by atoms with Gasteiger partial charge >= 0.3 is 12.1 Å². The second-order valence-corrected chi connectivity index (χ2v) is 5.54. The van der Waals surface area contributed by atoms with Crippen molar-refractivity contribution < 1.29 is 29.0 Å². The summed E-state index contributed by atoms with van der Waals surface area (Å²) in [5.74, 6) is -0.495. The number of hydrogen-bond acceptors (Lipinski definition) is 5. The number of rotatable bonds is 7. The molecular weight excluding hydrogens is 316 g/mol. The monoisotopic (exact) mass is 336 g/mol. The molecule has 1 heterocycles. The molecule has 1 fully saturated rings.